The van der Waals surface area contributed by atoms with Gasteiger partial charge in [0.1, 0.15) is 37.0 Å². The van der Waals surface area contributed by atoms with Gasteiger partial charge in [-0.05, 0) is 25.3 Å². The first-order valence-corrected chi connectivity index (χ1v) is 23.4. The summed E-state index contributed by atoms with van der Waals surface area (Å²) < 4.78 is 11.4. The van der Waals surface area contributed by atoms with Crippen LogP contribution in [0.15, 0.2) is 30.3 Å². The second-order valence-electron chi connectivity index (χ2n) is 16.7. The highest BCUT2D eigenvalue weighted by molar-refractivity contribution is 5.85. The van der Waals surface area contributed by atoms with E-state index in [0.717, 1.165) is 50.5 Å². The number of nitrogens with zero attached hydrogens (tertiary/aromatic N) is 1. The number of ether oxygens (including phenoxy) is 2. The summed E-state index contributed by atoms with van der Waals surface area (Å²) in [6, 6.07) is 6.91. The van der Waals surface area contributed by atoms with Gasteiger partial charge in [-0.25, -0.2) is 4.79 Å². The van der Waals surface area contributed by atoms with Gasteiger partial charge in [-0.2, -0.15) is 0 Å². The van der Waals surface area contributed by atoms with Gasteiger partial charge in [0.2, 0.25) is 11.8 Å². The Morgan fingerprint density at radius 2 is 1.16 bits per heavy atom. The number of aliphatic hydroxyl groups is 3. The van der Waals surface area contributed by atoms with Crippen LogP contribution in [0.1, 0.15) is 193 Å². The third-order valence-corrected chi connectivity index (χ3v) is 11.5. The van der Waals surface area contributed by atoms with Crippen LogP contribution in [0, 0.1) is 0 Å². The summed E-state index contributed by atoms with van der Waals surface area (Å²) >= 11 is 0. The van der Waals surface area contributed by atoms with Crippen LogP contribution in [0.25, 0.3) is 0 Å². The lowest BCUT2D eigenvalue weighted by molar-refractivity contribution is -0.231. The molecule has 0 aromatic heterocycles. The van der Waals surface area contributed by atoms with Crippen molar-refractivity contribution in [1.82, 2.24) is 15.5 Å². The van der Waals surface area contributed by atoms with E-state index in [2.05, 4.69) is 24.5 Å². The van der Waals surface area contributed by atoms with Crippen LogP contribution in [0.3, 0.4) is 0 Å². The molecule has 6 atom stereocenters. The molecule has 1 aromatic rings. The number of benzene rings is 1. The molecule has 1 fully saturated rings. The number of carbonyl (C=O) groups excluding carboxylic acids is 3. The van der Waals surface area contributed by atoms with Crippen molar-refractivity contribution in [3.63, 3.8) is 0 Å². The first kappa shape index (κ1) is 51.4. The second kappa shape index (κ2) is 33.0. The number of carbonyl (C=O) groups is 3. The average Bonchev–Trinajstić information content (AvgIpc) is 3.23. The Kier molecular flexibility index (Phi) is 29.3. The molecule has 5 N–H and O–H groups in total. The zero-order valence-electron chi connectivity index (χ0n) is 36.7. The van der Waals surface area contributed by atoms with E-state index in [1.807, 2.05) is 30.3 Å². The molecule has 0 bridgehead atoms. The molecule has 3 amide bonds. The van der Waals surface area contributed by atoms with Crippen molar-refractivity contribution >= 4 is 17.9 Å². The number of hydrogen-bond donors (Lipinski definition) is 5. The van der Waals surface area contributed by atoms with Gasteiger partial charge in [0, 0.05) is 13.0 Å². The Hall–Kier alpha value is -2.73. The molecule has 0 saturated carbocycles. The van der Waals surface area contributed by atoms with E-state index in [4.69, 9.17) is 9.47 Å². The van der Waals surface area contributed by atoms with E-state index in [0.29, 0.717) is 19.4 Å². The number of aliphatic hydroxyl groups excluding tert-OH is 3. The molecule has 1 aliphatic rings. The summed E-state index contributed by atoms with van der Waals surface area (Å²) in [6.45, 7) is 5.78. The zero-order valence-corrected chi connectivity index (χ0v) is 36.7. The number of unbranched alkanes of at least 4 members (excludes halogenated alkanes) is 23. The molecule has 58 heavy (non-hydrogen) atoms. The number of amides is 3. The normalized spacial score (nSPS) is 19.7. The van der Waals surface area contributed by atoms with E-state index in [1.54, 1.807) is 4.90 Å². The van der Waals surface area contributed by atoms with E-state index in [9.17, 15) is 29.7 Å². The van der Waals surface area contributed by atoms with Crippen molar-refractivity contribution in [2.45, 2.75) is 231 Å². The quantitative estimate of drug-likeness (QED) is 0.0431. The summed E-state index contributed by atoms with van der Waals surface area (Å²) in [6.07, 6.45) is 24.0. The molecule has 0 radical (unpaired) electrons. The fraction of sp³-hybridized carbons (Fsp3) is 0.809. The van der Waals surface area contributed by atoms with E-state index >= 15 is 0 Å². The molecule has 1 aromatic carbocycles. The average molecular weight is 818 g/mol. The number of alkyl carbamates (subject to hydrolysis) is 1. The van der Waals surface area contributed by atoms with E-state index < -0.39 is 55.2 Å². The third-order valence-electron chi connectivity index (χ3n) is 11.5. The predicted octanol–water partition coefficient (Wildman–Crippen LogP) is 9.24. The maximum absolute atomic E-state index is 14.0. The summed E-state index contributed by atoms with van der Waals surface area (Å²) in [4.78, 5) is 41.5. The molecule has 0 unspecified atom stereocenters. The van der Waals surface area contributed by atoms with Gasteiger partial charge >= 0.3 is 6.09 Å². The number of nitrogens with one attached hydrogen (secondary N) is 2. The van der Waals surface area contributed by atoms with Gasteiger partial charge in [-0.3, -0.25) is 9.59 Å². The third kappa shape index (κ3) is 22.0. The van der Waals surface area contributed by atoms with Crippen molar-refractivity contribution < 1.29 is 39.2 Å². The smallest absolute Gasteiger partial charge is 0.408 e. The summed E-state index contributed by atoms with van der Waals surface area (Å²) in [5.41, 5.74) is 0.795. The standard InChI is InChI=1S/C47H83N3O8/c1-4-6-8-10-12-14-15-16-17-18-19-20-22-24-26-31-35-50(41(52)34-30-25-23-21-13-11-9-7-5-2)46-42(44(54)43(53)40(36-51)58-46)49-45(55)38(3)48-47(56)57-37-39-32-28-27-29-33-39/h27-29,32-33,38,40,42-44,46,51,53-54H,4-26,30-31,34-37H2,1-3H3,(H,48,56)(H,49,55)/t38-,40+,42+,43+,44+,46+/m0/s1. The summed E-state index contributed by atoms with van der Waals surface area (Å²) in [5.74, 6) is -0.790. The first-order valence-electron chi connectivity index (χ1n) is 23.4. The van der Waals surface area contributed by atoms with Gasteiger partial charge in [0.25, 0.3) is 0 Å². The molecule has 334 valence electrons. The van der Waals surface area contributed by atoms with Gasteiger partial charge in [-0.15, -0.1) is 0 Å². The second-order valence-corrected chi connectivity index (χ2v) is 16.7. The van der Waals surface area contributed by atoms with Crippen LogP contribution in [0.4, 0.5) is 4.79 Å². The monoisotopic (exact) mass is 818 g/mol. The topological polar surface area (TPSA) is 158 Å². The molecule has 11 heteroatoms. The molecular weight excluding hydrogens is 735 g/mol. The molecule has 1 heterocycles. The molecule has 2 rings (SSSR count). The Morgan fingerprint density at radius 1 is 0.690 bits per heavy atom. The van der Waals surface area contributed by atoms with Crippen molar-refractivity contribution in [2.24, 2.45) is 0 Å². The zero-order chi connectivity index (χ0) is 42.2. The Morgan fingerprint density at radius 3 is 1.64 bits per heavy atom. The fourth-order valence-corrected chi connectivity index (χ4v) is 7.77. The van der Waals surface area contributed by atoms with Gasteiger partial charge in [-0.1, -0.05) is 192 Å². The van der Waals surface area contributed by atoms with Crippen LogP contribution in [-0.2, 0) is 25.7 Å². The van der Waals surface area contributed by atoms with Crippen LogP contribution in [0.5, 0.6) is 0 Å². The lowest BCUT2D eigenvalue weighted by atomic mass is 9.94. The van der Waals surface area contributed by atoms with Crippen LogP contribution < -0.4 is 10.6 Å². The maximum atomic E-state index is 14.0. The predicted molar refractivity (Wildman–Crippen MR) is 232 cm³/mol. The van der Waals surface area contributed by atoms with Crippen LogP contribution >= 0.6 is 0 Å². The van der Waals surface area contributed by atoms with E-state index in [1.165, 1.54) is 116 Å². The van der Waals surface area contributed by atoms with Crippen molar-refractivity contribution in [3.05, 3.63) is 35.9 Å². The highest BCUT2D eigenvalue weighted by Crippen LogP contribution is 2.26. The molecule has 0 aliphatic carbocycles. The summed E-state index contributed by atoms with van der Waals surface area (Å²) in [7, 11) is 0. The Balaban J connectivity index is 1.96. The minimum Gasteiger partial charge on any atom is -0.445 e. The molecular formula is C47H83N3O8. The number of hydrogen-bond acceptors (Lipinski definition) is 8. The lowest BCUT2D eigenvalue weighted by Gasteiger charge is -2.47. The molecule has 1 aliphatic heterocycles. The first-order chi connectivity index (χ1) is 28.2. The minimum absolute atomic E-state index is 0.0302. The van der Waals surface area contributed by atoms with Gasteiger partial charge in [0.15, 0.2) is 6.23 Å². The van der Waals surface area contributed by atoms with Crippen molar-refractivity contribution in [2.75, 3.05) is 13.2 Å². The Labute approximate surface area is 351 Å². The van der Waals surface area contributed by atoms with Crippen molar-refractivity contribution in [1.29, 1.82) is 0 Å². The molecule has 11 nitrogen and oxygen atoms in total. The highest BCUT2D eigenvalue weighted by Gasteiger charge is 2.48. The highest BCUT2D eigenvalue weighted by atomic mass is 16.6. The van der Waals surface area contributed by atoms with E-state index in [-0.39, 0.29) is 12.5 Å². The Bertz CT molecular complexity index is 1190. The van der Waals surface area contributed by atoms with Crippen molar-refractivity contribution in [3.8, 4) is 0 Å². The van der Waals surface area contributed by atoms with Crippen LogP contribution in [-0.4, -0.2) is 87.9 Å². The largest absolute Gasteiger partial charge is 0.445 e. The maximum Gasteiger partial charge on any atom is 0.408 e. The lowest BCUT2D eigenvalue weighted by Crippen LogP contribution is -2.69. The molecule has 1 saturated heterocycles. The number of rotatable bonds is 34. The van der Waals surface area contributed by atoms with Crippen LogP contribution in [0.2, 0.25) is 0 Å². The van der Waals surface area contributed by atoms with Gasteiger partial charge < -0.3 is 40.3 Å². The fourth-order valence-electron chi connectivity index (χ4n) is 7.77. The molecule has 0 spiro atoms. The van der Waals surface area contributed by atoms with Gasteiger partial charge in [0.05, 0.1) is 6.61 Å². The summed E-state index contributed by atoms with van der Waals surface area (Å²) in [5, 5.41) is 37.5. The SMILES string of the molecule is CCCCCCCCCCCCCCCCCCN(C(=O)CCCCCCCCCCC)[C@@H]1O[C@H](CO)[C@@H](O)[C@H](O)[C@H]1NC(=O)[C@H](C)NC(=O)OCc1ccccc1. The minimum atomic E-state index is -1.54.